The van der Waals surface area contributed by atoms with Crippen LogP contribution in [0.1, 0.15) is 0 Å². The molecule has 0 radical (unpaired) electrons. The smallest absolute Gasteiger partial charge is 0.409 e. The van der Waals surface area contributed by atoms with E-state index in [9.17, 15) is 4.21 Å². The van der Waals surface area contributed by atoms with Crippen LogP contribution in [0.15, 0.2) is 12.5 Å². The van der Waals surface area contributed by atoms with Crippen molar-refractivity contribution >= 4 is 11.7 Å². The van der Waals surface area contributed by atoms with Gasteiger partial charge in [0.1, 0.15) is 12.5 Å². The monoisotopic (exact) mass is 119 g/mol. The first-order valence-corrected chi connectivity index (χ1v) is 2.48. The summed E-state index contributed by atoms with van der Waals surface area (Å²) in [7, 11) is 0. The molecule has 0 aliphatic carbocycles. The van der Waals surface area contributed by atoms with Crippen molar-refractivity contribution in [2.45, 2.75) is 5.62 Å². The molecule has 1 heterocycles. The SMILES string of the molecule is O=[S+]C1OC=CO1. The zero-order valence-corrected chi connectivity index (χ0v) is 4.18. The second kappa shape index (κ2) is 1.88. The first-order chi connectivity index (χ1) is 3.43. The fraction of sp³-hybridized carbons (Fsp3) is 0.333. The molecule has 0 fully saturated rings. The quantitative estimate of drug-likeness (QED) is 0.463. The van der Waals surface area contributed by atoms with Gasteiger partial charge in [0.05, 0.1) is 0 Å². The summed E-state index contributed by atoms with van der Waals surface area (Å²) in [6, 6.07) is 0. The molecule has 0 spiro atoms. The molecule has 1 aliphatic rings. The van der Waals surface area contributed by atoms with Crippen molar-refractivity contribution in [3.8, 4) is 0 Å². The van der Waals surface area contributed by atoms with Crippen LogP contribution in [0.25, 0.3) is 0 Å². The van der Waals surface area contributed by atoms with Gasteiger partial charge in [-0.2, -0.15) is 0 Å². The molecule has 0 saturated carbocycles. The minimum atomic E-state index is -0.653. The molecular formula is C3H3O3S+. The topological polar surface area (TPSA) is 35.5 Å². The summed E-state index contributed by atoms with van der Waals surface area (Å²) < 4.78 is 18.9. The molecule has 38 valence electrons. The normalized spacial score (nSPS) is 18.3. The summed E-state index contributed by atoms with van der Waals surface area (Å²) in [5.74, 6) is 0. The highest BCUT2D eigenvalue weighted by Crippen LogP contribution is 2.01. The Labute approximate surface area is 44.4 Å². The van der Waals surface area contributed by atoms with Gasteiger partial charge < -0.3 is 9.47 Å². The lowest BCUT2D eigenvalue weighted by Gasteiger charge is -1.84. The summed E-state index contributed by atoms with van der Waals surface area (Å²) in [6.07, 6.45) is 2.69. The third-order valence-corrected chi connectivity index (χ3v) is 0.893. The van der Waals surface area contributed by atoms with E-state index in [1.807, 2.05) is 0 Å². The van der Waals surface area contributed by atoms with E-state index >= 15 is 0 Å². The third-order valence-electron chi connectivity index (χ3n) is 0.513. The molecule has 7 heavy (non-hydrogen) atoms. The average Bonchev–Trinajstić information content (AvgIpc) is 2.14. The molecular weight excluding hydrogens is 116 g/mol. The van der Waals surface area contributed by atoms with Crippen molar-refractivity contribution in [3.63, 3.8) is 0 Å². The van der Waals surface area contributed by atoms with Crippen LogP contribution in [0.4, 0.5) is 0 Å². The van der Waals surface area contributed by atoms with Crippen LogP contribution in [0.3, 0.4) is 0 Å². The van der Waals surface area contributed by atoms with Crippen molar-refractivity contribution in [1.82, 2.24) is 0 Å². The van der Waals surface area contributed by atoms with E-state index in [0.29, 0.717) is 0 Å². The first-order valence-electron chi connectivity index (χ1n) is 1.68. The standard InChI is InChI=1S/C3H3O3S/c4-7-3-5-1-2-6-3/h1-3H/q+1. The lowest BCUT2D eigenvalue weighted by atomic mass is 11.1. The van der Waals surface area contributed by atoms with Crippen molar-refractivity contribution in [1.29, 1.82) is 0 Å². The molecule has 0 aromatic heterocycles. The highest BCUT2D eigenvalue weighted by atomic mass is 32.1. The molecule has 0 amide bonds. The summed E-state index contributed by atoms with van der Waals surface area (Å²) >= 11 is 0.275. The van der Waals surface area contributed by atoms with E-state index < -0.39 is 5.62 Å². The Balaban J connectivity index is 2.35. The number of hydrogen-bond donors (Lipinski definition) is 0. The Kier molecular flexibility index (Phi) is 1.21. The van der Waals surface area contributed by atoms with E-state index in [1.54, 1.807) is 0 Å². The molecule has 4 heteroatoms. The zero-order valence-electron chi connectivity index (χ0n) is 3.37. The Morgan fingerprint density at radius 1 is 1.43 bits per heavy atom. The maximum atomic E-state index is 9.76. The second-order valence-corrected chi connectivity index (χ2v) is 1.51. The molecule has 0 aromatic carbocycles. The minimum Gasteiger partial charge on any atom is -0.409 e. The van der Waals surface area contributed by atoms with E-state index in [-0.39, 0.29) is 11.7 Å². The third kappa shape index (κ3) is 0.866. The second-order valence-electron chi connectivity index (χ2n) is 0.929. The molecule has 0 N–H and O–H groups in total. The van der Waals surface area contributed by atoms with Crippen LogP contribution in [0.5, 0.6) is 0 Å². The predicted molar refractivity (Wildman–Crippen MR) is 23.1 cm³/mol. The molecule has 0 aromatic rings. The highest BCUT2D eigenvalue weighted by Gasteiger charge is 2.25. The van der Waals surface area contributed by atoms with Crippen LogP contribution in [0, 0.1) is 0 Å². The summed E-state index contributed by atoms with van der Waals surface area (Å²) in [6.45, 7) is 0. The number of hydrogen-bond acceptors (Lipinski definition) is 3. The number of ether oxygens (including phenoxy) is 2. The van der Waals surface area contributed by atoms with Crippen molar-refractivity contribution < 1.29 is 13.7 Å². The average molecular weight is 119 g/mol. The summed E-state index contributed by atoms with van der Waals surface area (Å²) in [4.78, 5) is 0. The number of rotatable bonds is 1. The van der Waals surface area contributed by atoms with Crippen LogP contribution in [-0.4, -0.2) is 5.62 Å². The molecule has 0 atom stereocenters. The molecule has 3 nitrogen and oxygen atoms in total. The van der Waals surface area contributed by atoms with Gasteiger partial charge in [-0.15, -0.1) is 0 Å². The van der Waals surface area contributed by atoms with Crippen molar-refractivity contribution in [2.24, 2.45) is 0 Å². The van der Waals surface area contributed by atoms with Gasteiger partial charge in [-0.3, -0.25) is 0 Å². The zero-order chi connectivity index (χ0) is 5.11. The van der Waals surface area contributed by atoms with E-state index in [0.717, 1.165) is 0 Å². The Morgan fingerprint density at radius 3 is 2.29 bits per heavy atom. The van der Waals surface area contributed by atoms with E-state index in [2.05, 4.69) is 9.47 Å². The Bertz CT molecular complexity index is 92.4. The summed E-state index contributed by atoms with van der Waals surface area (Å²) in [5, 5.41) is 0. The lowest BCUT2D eigenvalue weighted by molar-refractivity contribution is 0.0536. The lowest BCUT2D eigenvalue weighted by Crippen LogP contribution is -2.02. The van der Waals surface area contributed by atoms with Crippen LogP contribution >= 0.6 is 0 Å². The Morgan fingerprint density at radius 2 is 2.00 bits per heavy atom. The van der Waals surface area contributed by atoms with Gasteiger partial charge in [0.15, 0.2) is 0 Å². The fourth-order valence-corrected chi connectivity index (χ4v) is 0.489. The van der Waals surface area contributed by atoms with Crippen molar-refractivity contribution in [3.05, 3.63) is 12.5 Å². The predicted octanol–water partition coefficient (Wildman–Crippen LogP) is 0.216. The highest BCUT2D eigenvalue weighted by molar-refractivity contribution is 7.65. The van der Waals surface area contributed by atoms with Gasteiger partial charge in [0, 0.05) is 4.21 Å². The van der Waals surface area contributed by atoms with Gasteiger partial charge in [-0.05, 0) is 0 Å². The molecule has 1 aliphatic heterocycles. The largest absolute Gasteiger partial charge is 0.558 e. The molecule has 0 saturated heterocycles. The van der Waals surface area contributed by atoms with Crippen LogP contribution in [0.2, 0.25) is 0 Å². The molecule has 0 unspecified atom stereocenters. The van der Waals surface area contributed by atoms with Gasteiger partial charge in [0.25, 0.3) is 0 Å². The van der Waals surface area contributed by atoms with E-state index in [1.165, 1.54) is 12.5 Å². The maximum absolute atomic E-state index is 9.76. The van der Waals surface area contributed by atoms with Crippen molar-refractivity contribution in [2.75, 3.05) is 0 Å². The first kappa shape index (κ1) is 4.52. The van der Waals surface area contributed by atoms with Gasteiger partial charge in [-0.25, -0.2) is 0 Å². The van der Waals surface area contributed by atoms with Gasteiger partial charge in [-0.1, -0.05) is 0 Å². The van der Waals surface area contributed by atoms with E-state index in [4.69, 9.17) is 0 Å². The van der Waals surface area contributed by atoms with Gasteiger partial charge >= 0.3 is 17.3 Å². The minimum absolute atomic E-state index is 0.275. The molecule has 0 bridgehead atoms. The van der Waals surface area contributed by atoms with Crippen LogP contribution in [-0.2, 0) is 25.3 Å². The van der Waals surface area contributed by atoms with Crippen LogP contribution < -0.4 is 0 Å². The maximum Gasteiger partial charge on any atom is 0.558 e. The fourth-order valence-electron chi connectivity index (χ4n) is 0.270. The van der Waals surface area contributed by atoms with Gasteiger partial charge in [0.2, 0.25) is 0 Å². The Hall–Kier alpha value is -0.640. The summed E-state index contributed by atoms with van der Waals surface area (Å²) in [5.41, 5.74) is -0.653. The molecule has 1 rings (SSSR count).